The van der Waals surface area contributed by atoms with Crippen molar-refractivity contribution in [1.29, 1.82) is 0 Å². The Morgan fingerprint density at radius 2 is 1.82 bits per heavy atom. The normalized spacial score (nSPS) is 10.8. The summed E-state index contributed by atoms with van der Waals surface area (Å²) in [6.07, 6.45) is 0.844. The molecule has 17 heavy (non-hydrogen) atoms. The summed E-state index contributed by atoms with van der Waals surface area (Å²) in [6.45, 7) is 6.28. The second kappa shape index (κ2) is 4.88. The van der Waals surface area contributed by atoms with Crippen molar-refractivity contribution >= 4 is 11.6 Å². The van der Waals surface area contributed by atoms with Crippen LogP contribution in [0.3, 0.4) is 0 Å². The summed E-state index contributed by atoms with van der Waals surface area (Å²) in [4.78, 5) is 0. The number of hydrogen-bond acceptors (Lipinski definition) is 2. The van der Waals surface area contributed by atoms with Crippen LogP contribution < -0.4 is 0 Å². The van der Waals surface area contributed by atoms with Gasteiger partial charge in [-0.05, 0) is 37.1 Å². The molecule has 0 fully saturated rings. The van der Waals surface area contributed by atoms with Gasteiger partial charge in [0, 0.05) is 12.1 Å². The standard InChI is InChI=1S/C13H16ClN3/c1-4-12-15-16-13(8-14)17(12)11-6-5-9(2)10(3)7-11/h5-7H,4,8H2,1-3H3. The van der Waals surface area contributed by atoms with Gasteiger partial charge in [0.2, 0.25) is 0 Å². The van der Waals surface area contributed by atoms with E-state index in [-0.39, 0.29) is 0 Å². The lowest BCUT2D eigenvalue weighted by Gasteiger charge is -2.10. The molecule has 3 nitrogen and oxygen atoms in total. The van der Waals surface area contributed by atoms with E-state index in [9.17, 15) is 0 Å². The Balaban J connectivity index is 2.58. The van der Waals surface area contributed by atoms with Gasteiger partial charge in [0.15, 0.2) is 5.82 Å². The topological polar surface area (TPSA) is 30.7 Å². The molecular weight excluding hydrogens is 234 g/mol. The third-order valence-corrected chi connectivity index (χ3v) is 3.22. The SMILES string of the molecule is CCc1nnc(CCl)n1-c1ccc(C)c(C)c1. The highest BCUT2D eigenvalue weighted by Crippen LogP contribution is 2.18. The number of aromatic nitrogens is 3. The number of nitrogens with zero attached hydrogens (tertiary/aromatic N) is 3. The molecule has 2 aromatic rings. The van der Waals surface area contributed by atoms with Crippen LogP contribution in [0.5, 0.6) is 0 Å². The average Bonchev–Trinajstić information content (AvgIpc) is 2.75. The summed E-state index contributed by atoms with van der Waals surface area (Å²) in [5.41, 5.74) is 3.64. The summed E-state index contributed by atoms with van der Waals surface area (Å²) < 4.78 is 2.04. The van der Waals surface area contributed by atoms with Gasteiger partial charge in [0.05, 0.1) is 5.88 Å². The van der Waals surface area contributed by atoms with Gasteiger partial charge < -0.3 is 0 Å². The summed E-state index contributed by atoms with van der Waals surface area (Å²) in [6, 6.07) is 6.34. The van der Waals surface area contributed by atoms with E-state index in [4.69, 9.17) is 11.6 Å². The number of rotatable bonds is 3. The first-order valence-corrected chi connectivity index (χ1v) is 6.27. The van der Waals surface area contributed by atoms with E-state index in [1.54, 1.807) is 0 Å². The summed E-state index contributed by atoms with van der Waals surface area (Å²) in [5, 5.41) is 8.28. The fourth-order valence-electron chi connectivity index (χ4n) is 1.83. The van der Waals surface area contributed by atoms with Crippen molar-refractivity contribution in [3.8, 4) is 5.69 Å². The summed E-state index contributed by atoms with van der Waals surface area (Å²) in [5.74, 6) is 2.12. The zero-order valence-electron chi connectivity index (χ0n) is 10.4. The molecule has 0 aliphatic carbocycles. The van der Waals surface area contributed by atoms with Crippen LogP contribution in [0.4, 0.5) is 0 Å². The average molecular weight is 250 g/mol. The summed E-state index contributed by atoms with van der Waals surface area (Å²) >= 11 is 5.90. The lowest BCUT2D eigenvalue weighted by molar-refractivity contribution is 0.866. The predicted octanol–water partition coefficient (Wildman–Crippen LogP) is 3.19. The molecule has 1 heterocycles. The zero-order chi connectivity index (χ0) is 12.4. The van der Waals surface area contributed by atoms with Gasteiger partial charge in [0.1, 0.15) is 5.82 Å². The smallest absolute Gasteiger partial charge is 0.152 e. The third kappa shape index (κ3) is 2.20. The lowest BCUT2D eigenvalue weighted by atomic mass is 10.1. The second-order valence-electron chi connectivity index (χ2n) is 4.12. The molecule has 0 unspecified atom stereocenters. The summed E-state index contributed by atoms with van der Waals surface area (Å²) in [7, 11) is 0. The highest BCUT2D eigenvalue weighted by atomic mass is 35.5. The third-order valence-electron chi connectivity index (χ3n) is 2.98. The van der Waals surface area contributed by atoms with Gasteiger partial charge in [-0.3, -0.25) is 4.57 Å². The van der Waals surface area contributed by atoms with E-state index in [1.165, 1.54) is 11.1 Å². The van der Waals surface area contributed by atoms with Gasteiger partial charge >= 0.3 is 0 Å². The van der Waals surface area contributed by atoms with Crippen LogP contribution in [0, 0.1) is 13.8 Å². The Morgan fingerprint density at radius 3 is 2.41 bits per heavy atom. The first kappa shape index (κ1) is 12.1. The number of aryl methyl sites for hydroxylation is 3. The first-order chi connectivity index (χ1) is 8.17. The van der Waals surface area contributed by atoms with Crippen LogP contribution in [0.2, 0.25) is 0 Å². The van der Waals surface area contributed by atoms with Crippen molar-refractivity contribution in [2.75, 3.05) is 0 Å². The van der Waals surface area contributed by atoms with Crippen LogP contribution >= 0.6 is 11.6 Å². The Bertz CT molecular complexity index is 510. The van der Waals surface area contributed by atoms with Crippen LogP contribution in [-0.4, -0.2) is 14.8 Å². The van der Waals surface area contributed by atoms with Gasteiger partial charge in [-0.1, -0.05) is 13.0 Å². The maximum Gasteiger partial charge on any atom is 0.152 e. The minimum Gasteiger partial charge on any atom is -0.282 e. The molecule has 1 aromatic carbocycles. The molecule has 4 heteroatoms. The van der Waals surface area contributed by atoms with Gasteiger partial charge in [-0.25, -0.2) is 0 Å². The van der Waals surface area contributed by atoms with E-state index in [0.29, 0.717) is 5.88 Å². The van der Waals surface area contributed by atoms with Crippen LogP contribution in [0.1, 0.15) is 29.7 Å². The number of alkyl halides is 1. The molecule has 0 spiro atoms. The maximum atomic E-state index is 5.90. The van der Waals surface area contributed by atoms with E-state index in [2.05, 4.69) is 49.2 Å². The van der Waals surface area contributed by atoms with E-state index in [0.717, 1.165) is 23.8 Å². The van der Waals surface area contributed by atoms with Crippen molar-refractivity contribution in [2.24, 2.45) is 0 Å². The van der Waals surface area contributed by atoms with Gasteiger partial charge in [0.25, 0.3) is 0 Å². The number of hydrogen-bond donors (Lipinski definition) is 0. The fourth-order valence-corrected chi connectivity index (χ4v) is 2.00. The molecular formula is C13H16ClN3. The Hall–Kier alpha value is -1.35. The minimum atomic E-state index is 0.375. The van der Waals surface area contributed by atoms with Crippen LogP contribution in [-0.2, 0) is 12.3 Å². The minimum absolute atomic E-state index is 0.375. The monoisotopic (exact) mass is 249 g/mol. The number of benzene rings is 1. The molecule has 0 N–H and O–H groups in total. The van der Waals surface area contributed by atoms with Gasteiger partial charge in [-0.2, -0.15) is 0 Å². The van der Waals surface area contributed by atoms with E-state index < -0.39 is 0 Å². The van der Waals surface area contributed by atoms with Crippen LogP contribution in [0.25, 0.3) is 5.69 Å². The molecule has 0 amide bonds. The van der Waals surface area contributed by atoms with Crippen molar-refractivity contribution in [3.63, 3.8) is 0 Å². The molecule has 1 aromatic heterocycles. The van der Waals surface area contributed by atoms with Crippen molar-refractivity contribution in [1.82, 2.24) is 14.8 Å². The largest absolute Gasteiger partial charge is 0.282 e. The molecule has 90 valence electrons. The molecule has 2 rings (SSSR count). The first-order valence-electron chi connectivity index (χ1n) is 5.74. The maximum absolute atomic E-state index is 5.90. The van der Waals surface area contributed by atoms with Crippen LogP contribution in [0.15, 0.2) is 18.2 Å². The second-order valence-corrected chi connectivity index (χ2v) is 4.39. The molecule has 0 saturated heterocycles. The number of halogens is 1. The fraction of sp³-hybridized carbons (Fsp3) is 0.385. The Labute approximate surface area is 106 Å². The molecule has 0 aliphatic heterocycles. The van der Waals surface area contributed by atoms with Crippen molar-refractivity contribution in [3.05, 3.63) is 41.0 Å². The predicted molar refractivity (Wildman–Crippen MR) is 69.8 cm³/mol. The molecule has 0 aliphatic rings. The highest BCUT2D eigenvalue weighted by Gasteiger charge is 2.11. The lowest BCUT2D eigenvalue weighted by Crippen LogP contribution is -2.04. The highest BCUT2D eigenvalue weighted by molar-refractivity contribution is 6.16. The van der Waals surface area contributed by atoms with Gasteiger partial charge in [-0.15, -0.1) is 21.8 Å². The van der Waals surface area contributed by atoms with E-state index in [1.807, 2.05) is 4.57 Å². The van der Waals surface area contributed by atoms with E-state index >= 15 is 0 Å². The molecule has 0 radical (unpaired) electrons. The molecule has 0 atom stereocenters. The quantitative estimate of drug-likeness (QED) is 0.783. The van der Waals surface area contributed by atoms with Crippen molar-refractivity contribution in [2.45, 2.75) is 33.1 Å². The molecule has 0 bridgehead atoms. The Kier molecular flexibility index (Phi) is 3.48. The Morgan fingerprint density at radius 1 is 1.12 bits per heavy atom. The van der Waals surface area contributed by atoms with Crippen molar-refractivity contribution < 1.29 is 0 Å². The zero-order valence-corrected chi connectivity index (χ0v) is 11.1. The molecule has 0 saturated carbocycles.